The SMILES string of the molecule is CC(=O)c1ccccc1C(=O)O[C@H]1CC[C@]2(C)[C@H]3CC=C4[C@@H]5CC(C)(C)CC[C@]5(C(=O)OC(=O)c5ccccc5C(=O)O)CC[C@@]4(C)[C@]3(C)CC[C@H]2C1(C)C. The zero-order valence-corrected chi connectivity index (χ0v) is 33.9. The lowest BCUT2D eigenvalue weighted by atomic mass is 9.33. The Hall–Kier alpha value is -4.07. The highest BCUT2D eigenvalue weighted by Crippen LogP contribution is 2.76. The molecule has 0 bridgehead atoms. The molecule has 1 N–H and O–H groups in total. The summed E-state index contributed by atoms with van der Waals surface area (Å²) in [6, 6.07) is 12.8. The second-order valence-corrected chi connectivity index (χ2v) is 19.8. The Morgan fingerprint density at radius 2 is 1.29 bits per heavy atom. The summed E-state index contributed by atoms with van der Waals surface area (Å²) in [7, 11) is 0. The lowest BCUT2D eigenvalue weighted by Gasteiger charge is -2.71. The molecule has 8 heteroatoms. The molecule has 5 aliphatic carbocycles. The molecule has 0 spiro atoms. The van der Waals surface area contributed by atoms with E-state index >= 15 is 0 Å². The van der Waals surface area contributed by atoms with Gasteiger partial charge in [-0.3, -0.25) is 9.59 Å². The Morgan fingerprint density at radius 1 is 0.691 bits per heavy atom. The van der Waals surface area contributed by atoms with Crippen LogP contribution in [-0.2, 0) is 14.3 Å². The number of carbonyl (C=O) groups excluding carboxylic acids is 4. The molecule has 0 radical (unpaired) electrons. The number of carboxylic acids is 1. The van der Waals surface area contributed by atoms with Crippen molar-refractivity contribution in [3.05, 3.63) is 82.4 Å². The van der Waals surface area contributed by atoms with Crippen molar-refractivity contribution in [3.8, 4) is 0 Å². The molecule has 0 unspecified atom stereocenters. The molecule has 4 fully saturated rings. The number of fused-ring (bicyclic) bond motifs is 7. The van der Waals surface area contributed by atoms with E-state index in [1.165, 1.54) is 24.6 Å². The average molecular weight is 751 g/mol. The van der Waals surface area contributed by atoms with Crippen LogP contribution in [0.3, 0.4) is 0 Å². The highest BCUT2D eigenvalue weighted by molar-refractivity contribution is 6.06. The van der Waals surface area contributed by atoms with E-state index in [9.17, 15) is 29.1 Å². The Labute approximate surface area is 325 Å². The number of esters is 3. The van der Waals surface area contributed by atoms with Gasteiger partial charge < -0.3 is 14.6 Å². The summed E-state index contributed by atoms with van der Waals surface area (Å²) < 4.78 is 12.0. The third-order valence-corrected chi connectivity index (χ3v) is 16.3. The van der Waals surface area contributed by atoms with Crippen molar-refractivity contribution in [2.45, 2.75) is 126 Å². The second-order valence-electron chi connectivity index (χ2n) is 19.8. The van der Waals surface area contributed by atoms with Gasteiger partial charge in [0.05, 0.1) is 22.1 Å². The van der Waals surface area contributed by atoms with Crippen molar-refractivity contribution in [3.63, 3.8) is 0 Å². The van der Waals surface area contributed by atoms with E-state index in [0.29, 0.717) is 35.8 Å². The molecule has 294 valence electrons. The summed E-state index contributed by atoms with van der Waals surface area (Å²) in [5, 5.41) is 9.72. The molecule has 8 atom stereocenters. The van der Waals surface area contributed by atoms with Crippen LogP contribution in [0.2, 0.25) is 0 Å². The maximum atomic E-state index is 14.5. The van der Waals surface area contributed by atoms with Crippen LogP contribution in [0.4, 0.5) is 0 Å². The smallest absolute Gasteiger partial charge is 0.346 e. The van der Waals surface area contributed by atoms with Gasteiger partial charge in [-0.25, -0.2) is 14.4 Å². The number of rotatable bonds is 6. The molecule has 0 aromatic heterocycles. The molecule has 5 aliphatic rings. The summed E-state index contributed by atoms with van der Waals surface area (Å²) in [4.78, 5) is 65.8. The highest BCUT2D eigenvalue weighted by Gasteiger charge is 2.69. The van der Waals surface area contributed by atoms with E-state index < -0.39 is 29.3 Å². The number of hydrogen-bond donors (Lipinski definition) is 1. The molecular weight excluding hydrogens is 693 g/mol. The second kappa shape index (κ2) is 13.3. The zero-order chi connectivity index (χ0) is 39.9. The first-order valence-corrected chi connectivity index (χ1v) is 20.3. The molecular formula is C47H58O8. The minimum absolute atomic E-state index is 0.000379. The molecule has 0 saturated heterocycles. The summed E-state index contributed by atoms with van der Waals surface area (Å²) in [5.41, 5.74) is 0.393. The van der Waals surface area contributed by atoms with Crippen molar-refractivity contribution >= 4 is 29.7 Å². The minimum Gasteiger partial charge on any atom is -0.478 e. The topological polar surface area (TPSA) is 124 Å². The molecule has 2 aromatic carbocycles. The maximum Gasteiger partial charge on any atom is 0.346 e. The fraction of sp³-hybridized carbons (Fsp3) is 0.596. The van der Waals surface area contributed by atoms with Crippen LogP contribution in [0.15, 0.2) is 60.2 Å². The normalized spacial score (nSPS) is 35.7. The number of hydrogen-bond acceptors (Lipinski definition) is 7. The van der Waals surface area contributed by atoms with Gasteiger partial charge in [0, 0.05) is 11.0 Å². The number of aromatic carboxylic acids is 1. The van der Waals surface area contributed by atoms with Gasteiger partial charge >= 0.3 is 23.9 Å². The number of carbonyl (C=O) groups is 5. The number of benzene rings is 2. The van der Waals surface area contributed by atoms with Gasteiger partial charge in [0.25, 0.3) is 0 Å². The van der Waals surface area contributed by atoms with Crippen molar-refractivity contribution in [2.24, 2.45) is 50.2 Å². The van der Waals surface area contributed by atoms with Crippen LogP contribution < -0.4 is 0 Å². The average Bonchev–Trinajstić information content (AvgIpc) is 3.12. The number of carboxylic acid groups (broad SMARTS) is 1. The Kier molecular flexibility index (Phi) is 9.45. The lowest BCUT2D eigenvalue weighted by Crippen LogP contribution is -2.65. The van der Waals surface area contributed by atoms with Crippen LogP contribution >= 0.6 is 0 Å². The maximum absolute atomic E-state index is 14.5. The zero-order valence-electron chi connectivity index (χ0n) is 33.9. The third-order valence-electron chi connectivity index (χ3n) is 16.3. The third kappa shape index (κ3) is 5.94. The van der Waals surface area contributed by atoms with Gasteiger partial charge in [-0.1, -0.05) is 90.4 Å². The predicted octanol–water partition coefficient (Wildman–Crippen LogP) is 10.3. The fourth-order valence-electron chi connectivity index (χ4n) is 13.0. The quantitative estimate of drug-likeness (QED) is 0.134. The van der Waals surface area contributed by atoms with Crippen molar-refractivity contribution in [1.82, 2.24) is 0 Å². The van der Waals surface area contributed by atoms with E-state index in [1.807, 2.05) is 0 Å². The molecule has 0 heterocycles. The van der Waals surface area contributed by atoms with Crippen LogP contribution in [0.1, 0.15) is 161 Å². The largest absolute Gasteiger partial charge is 0.478 e. The van der Waals surface area contributed by atoms with Gasteiger partial charge in [0.15, 0.2) is 5.78 Å². The first kappa shape index (κ1) is 39.2. The molecule has 0 amide bonds. The fourth-order valence-corrected chi connectivity index (χ4v) is 13.0. The van der Waals surface area contributed by atoms with Gasteiger partial charge in [0.2, 0.25) is 0 Å². The molecule has 4 saturated carbocycles. The molecule has 7 rings (SSSR count). The van der Waals surface area contributed by atoms with Crippen molar-refractivity contribution in [1.29, 1.82) is 0 Å². The number of Topliss-reactive ketones (excluding diaryl/α,β-unsaturated/α-hetero) is 1. The van der Waals surface area contributed by atoms with Crippen molar-refractivity contribution in [2.75, 3.05) is 0 Å². The lowest BCUT2D eigenvalue weighted by molar-refractivity contribution is -0.205. The molecule has 8 nitrogen and oxygen atoms in total. The summed E-state index contributed by atoms with van der Waals surface area (Å²) in [5.74, 6) is -2.64. The highest BCUT2D eigenvalue weighted by atomic mass is 16.6. The Balaban J connectivity index is 1.18. The molecule has 2 aromatic rings. The summed E-state index contributed by atoms with van der Waals surface area (Å²) in [6.45, 7) is 18.0. The summed E-state index contributed by atoms with van der Waals surface area (Å²) in [6.07, 6.45) is 10.5. The van der Waals surface area contributed by atoms with Gasteiger partial charge in [-0.15, -0.1) is 0 Å². The Bertz CT molecular complexity index is 1990. The van der Waals surface area contributed by atoms with Crippen LogP contribution in [0.25, 0.3) is 0 Å². The van der Waals surface area contributed by atoms with Crippen LogP contribution in [0, 0.1) is 50.2 Å². The number of ether oxygens (including phenoxy) is 2. The van der Waals surface area contributed by atoms with E-state index in [0.717, 1.165) is 51.4 Å². The molecule has 55 heavy (non-hydrogen) atoms. The van der Waals surface area contributed by atoms with Gasteiger partial charge in [-0.2, -0.15) is 0 Å². The first-order chi connectivity index (χ1) is 25.7. The number of allylic oxidation sites excluding steroid dienone is 2. The monoisotopic (exact) mass is 750 g/mol. The van der Waals surface area contributed by atoms with Gasteiger partial charge in [0.1, 0.15) is 6.10 Å². The van der Waals surface area contributed by atoms with Crippen molar-refractivity contribution < 1.29 is 38.6 Å². The van der Waals surface area contributed by atoms with E-state index in [4.69, 9.17) is 9.47 Å². The van der Waals surface area contributed by atoms with E-state index in [-0.39, 0.29) is 56.0 Å². The van der Waals surface area contributed by atoms with E-state index in [2.05, 4.69) is 54.5 Å². The summed E-state index contributed by atoms with van der Waals surface area (Å²) >= 11 is 0. The Morgan fingerprint density at radius 3 is 1.93 bits per heavy atom. The van der Waals surface area contributed by atoms with E-state index in [1.54, 1.807) is 36.4 Å². The standard InChI is InChI=1S/C47H58O8/c1-28(48)29-13-9-11-15-31(29)39(51)54-37-20-21-44(6)35(43(37,4)5)19-22-46(8)36(44)18-17-33-34-27-42(2,3)23-25-47(34,26-24-45(33,46)7)41(53)55-40(52)32-16-12-10-14-30(32)38(49)50/h9-17,34-37H,18-27H2,1-8H3,(H,49,50)/t34-,35-,36+,37-,44-,45+,46+,47-/m0/s1. The van der Waals surface area contributed by atoms with Crippen LogP contribution in [0.5, 0.6) is 0 Å². The molecule has 0 aliphatic heterocycles. The minimum atomic E-state index is -1.24. The predicted molar refractivity (Wildman–Crippen MR) is 209 cm³/mol. The first-order valence-electron chi connectivity index (χ1n) is 20.3. The van der Waals surface area contributed by atoms with Crippen LogP contribution in [-0.4, -0.2) is 40.9 Å². The van der Waals surface area contributed by atoms with Gasteiger partial charge in [-0.05, 0) is 129 Å². The number of ketones is 1.